The normalized spacial score (nSPS) is 43.4. The fraction of sp³-hybridized carbons (Fsp3) is 1.00. The molecule has 0 bridgehead atoms. The standard InChI is InChI=1S/C13H26N2/c1-10-7-15(8-11(10)2)9-12-3-5-13(14)6-4-12/h10-13H,3-9,14H2,1-2H3. The third kappa shape index (κ3) is 2.94. The molecule has 2 fully saturated rings. The molecule has 0 aromatic rings. The van der Waals surface area contributed by atoms with Crippen LogP contribution in [0.15, 0.2) is 0 Å². The minimum Gasteiger partial charge on any atom is -0.328 e. The lowest BCUT2D eigenvalue weighted by Crippen LogP contribution is -2.33. The maximum atomic E-state index is 5.94. The van der Waals surface area contributed by atoms with Crippen molar-refractivity contribution in [1.82, 2.24) is 4.90 Å². The molecule has 0 aromatic heterocycles. The average Bonchev–Trinajstić information content (AvgIpc) is 2.50. The van der Waals surface area contributed by atoms with E-state index in [0.717, 1.165) is 17.8 Å². The van der Waals surface area contributed by atoms with Gasteiger partial charge in [-0.1, -0.05) is 13.8 Å². The van der Waals surface area contributed by atoms with E-state index in [0.29, 0.717) is 6.04 Å². The quantitative estimate of drug-likeness (QED) is 0.756. The highest BCUT2D eigenvalue weighted by Gasteiger charge is 2.28. The molecule has 2 rings (SSSR count). The molecule has 0 radical (unpaired) electrons. The largest absolute Gasteiger partial charge is 0.328 e. The highest BCUT2D eigenvalue weighted by atomic mass is 15.2. The fourth-order valence-corrected chi connectivity index (χ4v) is 3.13. The van der Waals surface area contributed by atoms with Crippen molar-refractivity contribution < 1.29 is 0 Å². The zero-order chi connectivity index (χ0) is 10.8. The zero-order valence-corrected chi connectivity index (χ0v) is 10.3. The minimum absolute atomic E-state index is 0.498. The van der Waals surface area contributed by atoms with Crippen LogP contribution < -0.4 is 5.73 Å². The lowest BCUT2D eigenvalue weighted by Gasteiger charge is -2.29. The van der Waals surface area contributed by atoms with Gasteiger partial charge in [0.25, 0.3) is 0 Å². The van der Waals surface area contributed by atoms with Crippen LogP contribution in [0.4, 0.5) is 0 Å². The lowest BCUT2D eigenvalue weighted by molar-refractivity contribution is 0.218. The molecule has 2 atom stereocenters. The second-order valence-corrected chi connectivity index (χ2v) is 5.95. The molecule has 15 heavy (non-hydrogen) atoms. The summed E-state index contributed by atoms with van der Waals surface area (Å²) in [7, 11) is 0. The van der Waals surface area contributed by atoms with E-state index in [4.69, 9.17) is 5.73 Å². The Hall–Kier alpha value is -0.0800. The first-order valence-electron chi connectivity index (χ1n) is 6.63. The summed E-state index contributed by atoms with van der Waals surface area (Å²) in [4.78, 5) is 2.68. The van der Waals surface area contributed by atoms with Gasteiger partial charge in [0.2, 0.25) is 0 Å². The van der Waals surface area contributed by atoms with E-state index in [-0.39, 0.29) is 0 Å². The molecule has 1 saturated carbocycles. The Kier molecular flexibility index (Phi) is 3.68. The van der Waals surface area contributed by atoms with Crippen molar-refractivity contribution >= 4 is 0 Å². The third-order valence-electron chi connectivity index (χ3n) is 4.47. The van der Waals surface area contributed by atoms with Gasteiger partial charge in [0, 0.05) is 25.7 Å². The highest BCUT2D eigenvalue weighted by Crippen LogP contribution is 2.28. The average molecular weight is 210 g/mol. The molecule has 1 aliphatic carbocycles. The van der Waals surface area contributed by atoms with Crippen molar-refractivity contribution in [2.24, 2.45) is 23.5 Å². The van der Waals surface area contributed by atoms with Crippen molar-refractivity contribution in [2.45, 2.75) is 45.6 Å². The van der Waals surface area contributed by atoms with E-state index >= 15 is 0 Å². The first kappa shape index (κ1) is 11.4. The summed E-state index contributed by atoms with van der Waals surface area (Å²) in [5.41, 5.74) is 5.94. The SMILES string of the molecule is CC1CN(CC2CCC(N)CC2)CC1C. The molecule has 2 aliphatic rings. The Labute approximate surface area is 94.2 Å². The van der Waals surface area contributed by atoms with Crippen LogP contribution in [0, 0.1) is 17.8 Å². The lowest BCUT2D eigenvalue weighted by atomic mass is 9.86. The Balaban J connectivity index is 1.73. The van der Waals surface area contributed by atoms with E-state index in [1.54, 1.807) is 0 Å². The minimum atomic E-state index is 0.498. The Morgan fingerprint density at radius 1 is 1.00 bits per heavy atom. The summed E-state index contributed by atoms with van der Waals surface area (Å²) < 4.78 is 0. The van der Waals surface area contributed by atoms with Gasteiger partial charge in [0.05, 0.1) is 0 Å². The first-order chi connectivity index (χ1) is 7.15. The van der Waals surface area contributed by atoms with Crippen molar-refractivity contribution in [2.75, 3.05) is 19.6 Å². The molecule has 1 heterocycles. The summed E-state index contributed by atoms with van der Waals surface area (Å²) in [5, 5.41) is 0. The summed E-state index contributed by atoms with van der Waals surface area (Å²) in [6, 6.07) is 0.498. The Morgan fingerprint density at radius 3 is 2.07 bits per heavy atom. The second-order valence-electron chi connectivity index (χ2n) is 5.95. The first-order valence-corrected chi connectivity index (χ1v) is 6.63. The summed E-state index contributed by atoms with van der Waals surface area (Å²) in [6.07, 6.45) is 5.23. The van der Waals surface area contributed by atoms with Gasteiger partial charge in [-0.15, -0.1) is 0 Å². The zero-order valence-electron chi connectivity index (χ0n) is 10.3. The van der Waals surface area contributed by atoms with Crippen LogP contribution in [0.5, 0.6) is 0 Å². The van der Waals surface area contributed by atoms with E-state index in [2.05, 4.69) is 18.7 Å². The van der Waals surface area contributed by atoms with E-state index < -0.39 is 0 Å². The molecule has 0 amide bonds. The van der Waals surface area contributed by atoms with Crippen LogP contribution in [0.2, 0.25) is 0 Å². The summed E-state index contributed by atoms with van der Waals surface area (Å²) in [6.45, 7) is 8.76. The smallest absolute Gasteiger partial charge is 0.00390 e. The van der Waals surface area contributed by atoms with E-state index in [1.165, 1.54) is 45.3 Å². The van der Waals surface area contributed by atoms with Crippen LogP contribution >= 0.6 is 0 Å². The highest BCUT2D eigenvalue weighted by molar-refractivity contribution is 4.82. The molecule has 2 nitrogen and oxygen atoms in total. The van der Waals surface area contributed by atoms with Gasteiger partial charge in [0.15, 0.2) is 0 Å². The molecule has 1 saturated heterocycles. The summed E-state index contributed by atoms with van der Waals surface area (Å²) >= 11 is 0. The van der Waals surface area contributed by atoms with E-state index in [9.17, 15) is 0 Å². The molecule has 2 unspecified atom stereocenters. The van der Waals surface area contributed by atoms with Gasteiger partial charge in [-0.05, 0) is 43.4 Å². The Morgan fingerprint density at radius 2 is 1.53 bits per heavy atom. The fourth-order valence-electron chi connectivity index (χ4n) is 3.13. The number of nitrogens with two attached hydrogens (primary N) is 1. The van der Waals surface area contributed by atoms with Crippen LogP contribution in [-0.4, -0.2) is 30.6 Å². The van der Waals surface area contributed by atoms with Crippen LogP contribution in [-0.2, 0) is 0 Å². The topological polar surface area (TPSA) is 29.3 Å². The van der Waals surface area contributed by atoms with Gasteiger partial charge in [-0.3, -0.25) is 0 Å². The number of rotatable bonds is 2. The molecular formula is C13H26N2. The maximum Gasteiger partial charge on any atom is 0.00390 e. The van der Waals surface area contributed by atoms with Crippen molar-refractivity contribution in [3.05, 3.63) is 0 Å². The monoisotopic (exact) mass is 210 g/mol. The number of likely N-dealkylation sites (tertiary alicyclic amines) is 1. The molecule has 2 heteroatoms. The maximum absolute atomic E-state index is 5.94. The summed E-state index contributed by atoms with van der Waals surface area (Å²) in [5.74, 6) is 2.73. The third-order valence-corrected chi connectivity index (χ3v) is 4.47. The van der Waals surface area contributed by atoms with Crippen molar-refractivity contribution in [3.63, 3.8) is 0 Å². The predicted octanol–water partition coefficient (Wildman–Crippen LogP) is 2.09. The van der Waals surface area contributed by atoms with Gasteiger partial charge in [-0.25, -0.2) is 0 Å². The van der Waals surface area contributed by atoms with Gasteiger partial charge in [0.1, 0.15) is 0 Å². The number of nitrogens with zero attached hydrogens (tertiary/aromatic N) is 1. The number of hydrogen-bond acceptors (Lipinski definition) is 2. The van der Waals surface area contributed by atoms with Gasteiger partial charge in [-0.2, -0.15) is 0 Å². The Bertz CT molecular complexity index is 187. The number of hydrogen-bond donors (Lipinski definition) is 1. The molecule has 0 aromatic carbocycles. The van der Waals surface area contributed by atoms with Gasteiger partial charge < -0.3 is 10.6 Å². The molecular weight excluding hydrogens is 184 g/mol. The van der Waals surface area contributed by atoms with Crippen molar-refractivity contribution in [3.8, 4) is 0 Å². The van der Waals surface area contributed by atoms with Crippen LogP contribution in [0.3, 0.4) is 0 Å². The van der Waals surface area contributed by atoms with Gasteiger partial charge >= 0.3 is 0 Å². The van der Waals surface area contributed by atoms with Crippen LogP contribution in [0.1, 0.15) is 39.5 Å². The van der Waals surface area contributed by atoms with Crippen molar-refractivity contribution in [1.29, 1.82) is 0 Å². The molecule has 88 valence electrons. The van der Waals surface area contributed by atoms with Crippen LogP contribution in [0.25, 0.3) is 0 Å². The molecule has 1 aliphatic heterocycles. The molecule has 0 spiro atoms. The molecule has 2 N–H and O–H groups in total. The predicted molar refractivity (Wildman–Crippen MR) is 64.7 cm³/mol. The van der Waals surface area contributed by atoms with E-state index in [1.807, 2.05) is 0 Å². The second kappa shape index (κ2) is 4.84.